The standard InChI is InChI=1S/C18H26N2O2S.C2HF3O2/c21-17(16-3-1-10-23-16)20-7-2-6-18(13-20)12-19(8-9-22-14-18)11-15-4-5-15;3-2(4,5)1(6)7/h1,3,10,15H,2,4-9,11-14H2;(H,6,7). The van der Waals surface area contributed by atoms with E-state index in [0.717, 1.165) is 56.6 Å². The summed E-state index contributed by atoms with van der Waals surface area (Å²) < 4.78 is 37.7. The number of thiophene rings is 1. The highest BCUT2D eigenvalue weighted by Crippen LogP contribution is 2.36. The van der Waals surface area contributed by atoms with Gasteiger partial charge in [0.15, 0.2) is 0 Å². The lowest BCUT2D eigenvalue weighted by atomic mass is 9.80. The minimum Gasteiger partial charge on any atom is -0.475 e. The third-order valence-electron chi connectivity index (χ3n) is 5.66. The predicted octanol–water partition coefficient (Wildman–Crippen LogP) is 3.35. The Kier molecular flexibility index (Phi) is 7.41. The van der Waals surface area contributed by atoms with E-state index in [1.54, 1.807) is 11.3 Å². The van der Waals surface area contributed by atoms with Crippen LogP contribution < -0.4 is 0 Å². The van der Waals surface area contributed by atoms with Crippen LogP contribution in [0.2, 0.25) is 0 Å². The van der Waals surface area contributed by atoms with E-state index in [4.69, 9.17) is 14.6 Å². The van der Waals surface area contributed by atoms with E-state index in [9.17, 15) is 18.0 Å². The van der Waals surface area contributed by atoms with Crippen LogP contribution in [0.1, 0.15) is 35.4 Å². The molecule has 1 atom stereocenters. The maximum Gasteiger partial charge on any atom is 0.490 e. The van der Waals surface area contributed by atoms with Crippen LogP contribution in [-0.2, 0) is 9.53 Å². The molecule has 1 N–H and O–H groups in total. The number of carbonyl (C=O) groups is 2. The molecular formula is C20H27F3N2O4S. The number of ether oxygens (including phenoxy) is 1. The normalized spacial score (nSPS) is 25.4. The second kappa shape index (κ2) is 9.65. The Bertz CT molecular complexity index is 724. The number of carbonyl (C=O) groups excluding carboxylic acids is 1. The summed E-state index contributed by atoms with van der Waals surface area (Å²) in [7, 11) is 0. The predicted molar refractivity (Wildman–Crippen MR) is 106 cm³/mol. The fraction of sp³-hybridized carbons (Fsp3) is 0.700. The molecule has 1 aliphatic carbocycles. The summed E-state index contributed by atoms with van der Waals surface area (Å²) in [5.74, 6) is -1.64. The van der Waals surface area contributed by atoms with Crippen LogP contribution in [0.4, 0.5) is 13.2 Å². The molecule has 4 rings (SSSR count). The number of hydrogen-bond donors (Lipinski definition) is 1. The molecule has 1 spiro atoms. The molecular weight excluding hydrogens is 421 g/mol. The van der Waals surface area contributed by atoms with Gasteiger partial charge >= 0.3 is 12.1 Å². The van der Waals surface area contributed by atoms with Crippen LogP contribution in [-0.4, -0.2) is 78.9 Å². The molecule has 3 heterocycles. The SMILES string of the molecule is O=C(O)C(F)(F)F.O=C(c1cccs1)N1CCCC2(COCCN(CC3CC3)C2)C1. The summed E-state index contributed by atoms with van der Waals surface area (Å²) in [6.07, 6.45) is -0.0131. The zero-order valence-electron chi connectivity index (χ0n) is 16.7. The van der Waals surface area contributed by atoms with E-state index in [-0.39, 0.29) is 11.3 Å². The van der Waals surface area contributed by atoms with Gasteiger partial charge in [-0.15, -0.1) is 11.3 Å². The maximum absolute atomic E-state index is 12.7. The fourth-order valence-electron chi connectivity index (χ4n) is 4.09. The van der Waals surface area contributed by atoms with Gasteiger partial charge in [-0.2, -0.15) is 13.2 Å². The van der Waals surface area contributed by atoms with Crippen molar-refractivity contribution in [3.05, 3.63) is 22.4 Å². The van der Waals surface area contributed by atoms with Crippen molar-refractivity contribution in [2.24, 2.45) is 11.3 Å². The van der Waals surface area contributed by atoms with Crippen molar-refractivity contribution in [2.45, 2.75) is 31.9 Å². The number of carboxylic acid groups (broad SMARTS) is 1. The summed E-state index contributed by atoms with van der Waals surface area (Å²) in [4.78, 5) is 27.2. The van der Waals surface area contributed by atoms with Crippen molar-refractivity contribution >= 4 is 23.2 Å². The number of likely N-dealkylation sites (tertiary alicyclic amines) is 1. The third-order valence-corrected chi connectivity index (χ3v) is 6.51. The first kappa shape index (κ1) is 23.0. The quantitative estimate of drug-likeness (QED) is 0.768. The number of aliphatic carboxylic acids is 1. The molecule has 30 heavy (non-hydrogen) atoms. The number of amides is 1. The highest BCUT2D eigenvalue weighted by Gasteiger charge is 2.41. The molecule has 168 valence electrons. The van der Waals surface area contributed by atoms with Gasteiger partial charge in [-0.25, -0.2) is 4.79 Å². The Morgan fingerprint density at radius 1 is 1.27 bits per heavy atom. The molecule has 1 aromatic heterocycles. The van der Waals surface area contributed by atoms with Gasteiger partial charge in [0.2, 0.25) is 0 Å². The van der Waals surface area contributed by atoms with Crippen molar-refractivity contribution in [1.82, 2.24) is 9.80 Å². The molecule has 0 aromatic carbocycles. The number of alkyl halides is 3. The maximum atomic E-state index is 12.7. The van der Waals surface area contributed by atoms with Gasteiger partial charge in [0, 0.05) is 38.1 Å². The van der Waals surface area contributed by atoms with Crippen LogP contribution in [0, 0.1) is 11.3 Å². The highest BCUT2D eigenvalue weighted by molar-refractivity contribution is 7.12. The summed E-state index contributed by atoms with van der Waals surface area (Å²) in [6, 6.07) is 3.90. The van der Waals surface area contributed by atoms with Gasteiger partial charge in [-0.05, 0) is 43.0 Å². The summed E-state index contributed by atoms with van der Waals surface area (Å²) >= 11 is 1.55. The lowest BCUT2D eigenvalue weighted by Crippen LogP contribution is -2.52. The molecule has 3 aliphatic rings. The van der Waals surface area contributed by atoms with E-state index in [1.165, 1.54) is 25.8 Å². The van der Waals surface area contributed by atoms with E-state index < -0.39 is 12.1 Å². The molecule has 6 nitrogen and oxygen atoms in total. The zero-order chi connectivity index (χ0) is 21.8. The molecule has 10 heteroatoms. The average Bonchev–Trinajstić information content (AvgIpc) is 3.37. The lowest BCUT2D eigenvalue weighted by molar-refractivity contribution is -0.192. The van der Waals surface area contributed by atoms with Crippen molar-refractivity contribution in [3.8, 4) is 0 Å². The number of carboxylic acids is 1. The molecule has 1 amide bonds. The monoisotopic (exact) mass is 448 g/mol. The largest absolute Gasteiger partial charge is 0.490 e. The Morgan fingerprint density at radius 2 is 2.00 bits per heavy atom. The number of piperidine rings is 1. The van der Waals surface area contributed by atoms with Crippen LogP contribution >= 0.6 is 11.3 Å². The van der Waals surface area contributed by atoms with Crippen molar-refractivity contribution in [3.63, 3.8) is 0 Å². The summed E-state index contributed by atoms with van der Waals surface area (Å²) in [5, 5.41) is 9.11. The molecule has 1 unspecified atom stereocenters. The van der Waals surface area contributed by atoms with Gasteiger partial charge in [0.25, 0.3) is 5.91 Å². The van der Waals surface area contributed by atoms with Gasteiger partial charge < -0.3 is 19.6 Å². The second-order valence-corrected chi connectivity index (χ2v) is 9.29. The Morgan fingerprint density at radius 3 is 2.60 bits per heavy atom. The topological polar surface area (TPSA) is 70.1 Å². The van der Waals surface area contributed by atoms with E-state index in [2.05, 4.69) is 9.80 Å². The summed E-state index contributed by atoms with van der Waals surface area (Å²) in [5.41, 5.74) is 0.135. The van der Waals surface area contributed by atoms with Crippen molar-refractivity contribution in [2.75, 3.05) is 45.9 Å². The third kappa shape index (κ3) is 6.42. The smallest absolute Gasteiger partial charge is 0.475 e. The first-order valence-electron chi connectivity index (χ1n) is 10.1. The highest BCUT2D eigenvalue weighted by atomic mass is 32.1. The van der Waals surface area contributed by atoms with Gasteiger partial charge in [-0.1, -0.05) is 6.07 Å². The number of halogens is 3. The number of nitrogens with zero attached hydrogens (tertiary/aromatic N) is 2. The van der Waals surface area contributed by atoms with Crippen LogP contribution in [0.15, 0.2) is 17.5 Å². The minimum absolute atomic E-state index is 0.135. The summed E-state index contributed by atoms with van der Waals surface area (Å²) in [6.45, 7) is 6.76. The van der Waals surface area contributed by atoms with Crippen LogP contribution in [0.5, 0.6) is 0 Å². The molecule has 2 aliphatic heterocycles. The Labute approximate surface area is 177 Å². The molecule has 3 fully saturated rings. The second-order valence-electron chi connectivity index (χ2n) is 8.34. The van der Waals surface area contributed by atoms with E-state index >= 15 is 0 Å². The average molecular weight is 449 g/mol. The Hall–Kier alpha value is -1.65. The van der Waals surface area contributed by atoms with Gasteiger partial charge in [-0.3, -0.25) is 4.79 Å². The molecule has 1 saturated carbocycles. The van der Waals surface area contributed by atoms with Crippen LogP contribution in [0.3, 0.4) is 0 Å². The zero-order valence-corrected chi connectivity index (χ0v) is 17.5. The molecule has 2 saturated heterocycles. The first-order chi connectivity index (χ1) is 14.2. The lowest BCUT2D eigenvalue weighted by Gasteiger charge is -2.43. The van der Waals surface area contributed by atoms with Crippen molar-refractivity contribution in [1.29, 1.82) is 0 Å². The molecule has 0 radical (unpaired) electrons. The van der Waals surface area contributed by atoms with E-state index in [1.807, 2.05) is 17.5 Å². The van der Waals surface area contributed by atoms with E-state index in [0.29, 0.717) is 0 Å². The molecule has 0 bridgehead atoms. The van der Waals surface area contributed by atoms with Crippen LogP contribution in [0.25, 0.3) is 0 Å². The molecule has 1 aromatic rings. The first-order valence-corrected chi connectivity index (χ1v) is 11.0. The van der Waals surface area contributed by atoms with Crippen molar-refractivity contribution < 1.29 is 32.6 Å². The van der Waals surface area contributed by atoms with Gasteiger partial charge in [0.1, 0.15) is 0 Å². The number of hydrogen-bond acceptors (Lipinski definition) is 5. The Balaban J connectivity index is 0.000000318. The van der Waals surface area contributed by atoms with Gasteiger partial charge in [0.05, 0.1) is 18.1 Å². The minimum atomic E-state index is -5.08. The fourth-order valence-corrected chi connectivity index (χ4v) is 4.78. The number of rotatable bonds is 3.